The van der Waals surface area contributed by atoms with Crippen LogP contribution in [0.4, 0.5) is 0 Å². The summed E-state index contributed by atoms with van der Waals surface area (Å²) in [5.41, 5.74) is 1.62. The molecule has 3 aromatic rings. The van der Waals surface area contributed by atoms with Gasteiger partial charge in [-0.1, -0.05) is 56.4 Å². The molecular formula is C26H31N3O2S2. The zero-order chi connectivity index (χ0) is 22.9. The molecule has 0 spiro atoms. The Labute approximate surface area is 203 Å². The third kappa shape index (κ3) is 7.05. The molecule has 2 N–H and O–H groups in total. The second-order valence-electron chi connectivity index (χ2n) is 8.48. The van der Waals surface area contributed by atoms with Crippen molar-refractivity contribution in [1.82, 2.24) is 15.6 Å². The van der Waals surface area contributed by atoms with Crippen LogP contribution in [0, 0.1) is 0 Å². The molecule has 1 saturated carbocycles. The zero-order valence-electron chi connectivity index (χ0n) is 18.8. The molecule has 2 aromatic carbocycles. The Kier molecular flexibility index (Phi) is 8.78. The number of hydrogen-bond acceptors (Lipinski definition) is 5. The van der Waals surface area contributed by atoms with Gasteiger partial charge in [0.2, 0.25) is 5.91 Å². The van der Waals surface area contributed by atoms with Crippen molar-refractivity contribution < 1.29 is 9.59 Å². The average Bonchev–Trinajstić information content (AvgIpc) is 3.22. The van der Waals surface area contributed by atoms with Crippen LogP contribution < -0.4 is 10.6 Å². The molecule has 0 atom stereocenters. The molecule has 1 aromatic heterocycles. The van der Waals surface area contributed by atoms with E-state index in [0.29, 0.717) is 30.3 Å². The minimum absolute atomic E-state index is 0.0524. The number of carbonyl (C=O) groups excluding carboxylic acids is 2. The van der Waals surface area contributed by atoms with E-state index < -0.39 is 0 Å². The van der Waals surface area contributed by atoms with Gasteiger partial charge in [-0.15, -0.1) is 23.1 Å². The first-order valence-electron chi connectivity index (χ1n) is 11.8. The molecule has 4 rings (SSSR count). The maximum Gasteiger partial charge on any atom is 0.252 e. The number of rotatable bonds is 8. The van der Waals surface area contributed by atoms with Gasteiger partial charge in [-0.05, 0) is 37.1 Å². The summed E-state index contributed by atoms with van der Waals surface area (Å²) in [6.07, 6.45) is 9.08. The fourth-order valence-corrected chi connectivity index (χ4v) is 6.03. The third-order valence-corrected chi connectivity index (χ3v) is 8.09. The van der Waals surface area contributed by atoms with Gasteiger partial charge in [0.1, 0.15) is 0 Å². The number of hydrogen-bond donors (Lipinski definition) is 2. The second kappa shape index (κ2) is 12.2. The maximum atomic E-state index is 12.8. The van der Waals surface area contributed by atoms with Gasteiger partial charge >= 0.3 is 0 Å². The van der Waals surface area contributed by atoms with Crippen molar-refractivity contribution in [2.24, 2.45) is 0 Å². The molecule has 174 valence electrons. The molecule has 2 amide bonds. The summed E-state index contributed by atoms with van der Waals surface area (Å²) in [6, 6.07) is 15.9. The standard InChI is InChI=1S/C26H31N3O2S2/c30-24(28-19-10-4-2-1-3-5-11-19)18-32-22-14-8-6-12-20(22)26(31)27-17-16-25-29-21-13-7-9-15-23(21)33-25/h6-9,12-15,19H,1-5,10-11,16-18H2,(H,27,31)(H,28,30). The quantitative estimate of drug-likeness (QED) is 0.412. The first-order valence-corrected chi connectivity index (χ1v) is 13.6. The Morgan fingerprint density at radius 2 is 1.70 bits per heavy atom. The summed E-state index contributed by atoms with van der Waals surface area (Å²) in [5.74, 6) is 0.267. The number of thiazole rings is 1. The normalized spacial score (nSPS) is 15.0. The molecule has 0 radical (unpaired) electrons. The molecule has 0 bridgehead atoms. The lowest BCUT2D eigenvalue weighted by molar-refractivity contribution is -0.119. The lowest BCUT2D eigenvalue weighted by atomic mass is 9.97. The summed E-state index contributed by atoms with van der Waals surface area (Å²) in [4.78, 5) is 30.8. The Balaban J connectivity index is 1.27. The highest BCUT2D eigenvalue weighted by Crippen LogP contribution is 2.24. The minimum atomic E-state index is -0.111. The number of nitrogens with zero attached hydrogens (tertiary/aromatic N) is 1. The van der Waals surface area contributed by atoms with Crippen molar-refractivity contribution in [2.75, 3.05) is 12.3 Å². The Morgan fingerprint density at radius 3 is 2.52 bits per heavy atom. The van der Waals surface area contributed by atoms with E-state index in [9.17, 15) is 9.59 Å². The smallest absolute Gasteiger partial charge is 0.252 e. The highest BCUT2D eigenvalue weighted by atomic mass is 32.2. The highest BCUT2D eigenvalue weighted by molar-refractivity contribution is 8.00. The van der Waals surface area contributed by atoms with Crippen molar-refractivity contribution in [3.05, 3.63) is 59.1 Å². The lowest BCUT2D eigenvalue weighted by Crippen LogP contribution is -2.36. The molecule has 1 aliphatic rings. The van der Waals surface area contributed by atoms with Gasteiger partial charge in [-0.3, -0.25) is 9.59 Å². The van der Waals surface area contributed by atoms with Crippen LogP contribution in [0.2, 0.25) is 0 Å². The number of nitrogens with one attached hydrogen (secondary N) is 2. The fourth-order valence-electron chi connectivity index (χ4n) is 4.20. The number of fused-ring (bicyclic) bond motifs is 1. The number of thioether (sulfide) groups is 1. The molecule has 7 heteroatoms. The second-order valence-corrected chi connectivity index (χ2v) is 10.6. The van der Waals surface area contributed by atoms with E-state index in [4.69, 9.17) is 0 Å². The predicted molar refractivity (Wildman–Crippen MR) is 137 cm³/mol. The van der Waals surface area contributed by atoms with Crippen LogP contribution in [0.25, 0.3) is 10.2 Å². The van der Waals surface area contributed by atoms with Crippen LogP contribution in [0.15, 0.2) is 53.4 Å². The van der Waals surface area contributed by atoms with E-state index in [-0.39, 0.29) is 11.8 Å². The largest absolute Gasteiger partial charge is 0.353 e. The van der Waals surface area contributed by atoms with Gasteiger partial charge in [0.15, 0.2) is 0 Å². The molecule has 33 heavy (non-hydrogen) atoms. The summed E-state index contributed by atoms with van der Waals surface area (Å²) in [6.45, 7) is 0.528. The summed E-state index contributed by atoms with van der Waals surface area (Å²) in [5, 5.41) is 7.23. The van der Waals surface area contributed by atoms with Gasteiger partial charge in [0.25, 0.3) is 5.91 Å². The van der Waals surface area contributed by atoms with Crippen molar-refractivity contribution in [1.29, 1.82) is 0 Å². The Morgan fingerprint density at radius 1 is 0.970 bits per heavy atom. The van der Waals surface area contributed by atoms with Crippen LogP contribution >= 0.6 is 23.1 Å². The van der Waals surface area contributed by atoms with E-state index in [1.807, 2.05) is 42.5 Å². The minimum Gasteiger partial charge on any atom is -0.353 e. The molecule has 1 aliphatic carbocycles. The van der Waals surface area contributed by atoms with Crippen LogP contribution in [0.5, 0.6) is 0 Å². The van der Waals surface area contributed by atoms with E-state index >= 15 is 0 Å². The van der Waals surface area contributed by atoms with Gasteiger partial charge in [-0.2, -0.15) is 0 Å². The Bertz CT molecular complexity index is 1040. The average molecular weight is 482 g/mol. The zero-order valence-corrected chi connectivity index (χ0v) is 20.5. The van der Waals surface area contributed by atoms with Gasteiger partial charge in [0, 0.05) is 23.9 Å². The van der Waals surface area contributed by atoms with Gasteiger partial charge in [-0.25, -0.2) is 4.98 Å². The Hall–Kier alpha value is -2.38. The number of carbonyl (C=O) groups is 2. The highest BCUT2D eigenvalue weighted by Gasteiger charge is 2.16. The third-order valence-electron chi connectivity index (χ3n) is 5.92. The summed E-state index contributed by atoms with van der Waals surface area (Å²) >= 11 is 3.10. The number of benzene rings is 2. The van der Waals surface area contributed by atoms with Crippen LogP contribution in [-0.2, 0) is 11.2 Å². The number of para-hydroxylation sites is 1. The van der Waals surface area contributed by atoms with Gasteiger partial charge < -0.3 is 10.6 Å². The van der Waals surface area contributed by atoms with E-state index in [1.54, 1.807) is 11.3 Å². The monoisotopic (exact) mass is 481 g/mol. The van der Waals surface area contributed by atoms with Gasteiger partial charge in [0.05, 0.1) is 26.5 Å². The fraction of sp³-hybridized carbons (Fsp3) is 0.423. The van der Waals surface area contributed by atoms with Crippen molar-refractivity contribution in [3.8, 4) is 0 Å². The molecule has 0 unspecified atom stereocenters. The van der Waals surface area contributed by atoms with Crippen molar-refractivity contribution in [3.63, 3.8) is 0 Å². The SMILES string of the molecule is O=C(CSc1ccccc1C(=O)NCCc1nc2ccccc2s1)NC1CCCCCCC1. The topological polar surface area (TPSA) is 71.1 Å². The first kappa shape index (κ1) is 23.8. The number of aromatic nitrogens is 1. The molecular weight excluding hydrogens is 450 g/mol. The van der Waals surface area contributed by atoms with Crippen LogP contribution in [-0.4, -0.2) is 35.1 Å². The summed E-state index contributed by atoms with van der Waals surface area (Å²) < 4.78 is 1.17. The summed E-state index contributed by atoms with van der Waals surface area (Å²) in [7, 11) is 0. The van der Waals surface area contributed by atoms with Crippen LogP contribution in [0.3, 0.4) is 0 Å². The molecule has 0 saturated heterocycles. The lowest BCUT2D eigenvalue weighted by Gasteiger charge is -2.21. The predicted octanol–water partition coefficient (Wildman–Crippen LogP) is 5.59. The molecule has 1 heterocycles. The van der Waals surface area contributed by atoms with E-state index in [1.165, 1.54) is 48.6 Å². The maximum absolute atomic E-state index is 12.8. The van der Waals surface area contributed by atoms with E-state index in [2.05, 4.69) is 21.7 Å². The van der Waals surface area contributed by atoms with Crippen molar-refractivity contribution >= 4 is 45.1 Å². The van der Waals surface area contributed by atoms with Crippen molar-refractivity contribution in [2.45, 2.75) is 62.3 Å². The molecule has 0 aliphatic heterocycles. The number of amides is 2. The van der Waals surface area contributed by atoms with Crippen LogP contribution in [0.1, 0.15) is 60.3 Å². The molecule has 5 nitrogen and oxygen atoms in total. The molecule has 1 fully saturated rings. The van der Waals surface area contributed by atoms with E-state index in [0.717, 1.165) is 28.3 Å². The first-order chi connectivity index (χ1) is 16.2.